The smallest absolute Gasteiger partial charge is 0.300 e. The maximum atomic E-state index is 14.6. The molecule has 0 amide bonds. The summed E-state index contributed by atoms with van der Waals surface area (Å²) in [7, 11) is 0. The summed E-state index contributed by atoms with van der Waals surface area (Å²) in [5, 5.41) is 15.2. The Morgan fingerprint density at radius 1 is 1.18 bits per heavy atom. The van der Waals surface area contributed by atoms with E-state index >= 15 is 0 Å². The molecule has 0 fully saturated rings. The molecule has 0 spiro atoms. The molecule has 34 heavy (non-hydrogen) atoms. The van der Waals surface area contributed by atoms with Gasteiger partial charge in [0.05, 0.1) is 23.6 Å². The molecule has 0 saturated carbocycles. The molecule has 1 aliphatic heterocycles. The number of aliphatic carboxylic acids is 1. The number of benzene rings is 1. The number of carboxylic acid groups (broad SMARTS) is 1. The Morgan fingerprint density at radius 2 is 2.03 bits per heavy atom. The topological polar surface area (TPSA) is 109 Å². The highest BCUT2D eigenvalue weighted by Gasteiger charge is 2.16. The molecule has 0 radical (unpaired) electrons. The molecule has 0 unspecified atom stereocenters. The molecule has 10 heteroatoms. The Morgan fingerprint density at radius 3 is 2.88 bits per heavy atom. The summed E-state index contributed by atoms with van der Waals surface area (Å²) in [6.07, 6.45) is 4.65. The van der Waals surface area contributed by atoms with Crippen LogP contribution in [-0.2, 0) is 17.9 Å². The zero-order chi connectivity index (χ0) is 23.7. The molecule has 0 saturated heterocycles. The van der Waals surface area contributed by atoms with Crippen molar-refractivity contribution in [1.29, 1.82) is 0 Å². The van der Waals surface area contributed by atoms with Crippen LogP contribution in [0.1, 0.15) is 12.6 Å². The Bertz CT molecular complexity index is 1500. The third kappa shape index (κ3) is 4.18. The Labute approximate surface area is 193 Å². The van der Waals surface area contributed by atoms with Crippen LogP contribution in [0.5, 0.6) is 0 Å². The van der Waals surface area contributed by atoms with Crippen LogP contribution < -0.4 is 10.6 Å². The van der Waals surface area contributed by atoms with Gasteiger partial charge in [0.1, 0.15) is 11.3 Å². The minimum Gasteiger partial charge on any atom is -0.481 e. The average molecular weight is 459 g/mol. The van der Waals surface area contributed by atoms with Crippen LogP contribution in [0, 0.1) is 5.82 Å². The van der Waals surface area contributed by atoms with Crippen LogP contribution in [0.2, 0.25) is 0 Å². The van der Waals surface area contributed by atoms with Crippen molar-refractivity contribution in [2.75, 3.05) is 11.9 Å². The summed E-state index contributed by atoms with van der Waals surface area (Å²) >= 11 is 0. The fourth-order valence-electron chi connectivity index (χ4n) is 4.05. The maximum absolute atomic E-state index is 14.6. The van der Waals surface area contributed by atoms with Crippen molar-refractivity contribution in [2.45, 2.75) is 20.0 Å². The second-order valence-electron chi connectivity index (χ2n) is 7.84. The van der Waals surface area contributed by atoms with E-state index in [9.17, 15) is 4.39 Å². The zero-order valence-electron chi connectivity index (χ0n) is 18.4. The van der Waals surface area contributed by atoms with Crippen molar-refractivity contribution in [2.24, 2.45) is 0 Å². The van der Waals surface area contributed by atoms with E-state index in [1.165, 1.54) is 22.8 Å². The SMILES string of the molecule is CC(=O)O.Fc1cnc(Nc2ccc3cc4n(c3c2)CCNC4)nc1-c1cnc2ccccn12. The molecule has 1 aliphatic rings. The van der Waals surface area contributed by atoms with Crippen molar-refractivity contribution in [3.05, 3.63) is 72.6 Å². The van der Waals surface area contributed by atoms with Crippen LogP contribution in [0.15, 0.2) is 61.1 Å². The molecule has 3 N–H and O–H groups in total. The average Bonchev–Trinajstić information content (AvgIpc) is 3.41. The lowest BCUT2D eigenvalue weighted by Crippen LogP contribution is -2.27. The van der Waals surface area contributed by atoms with E-state index in [-0.39, 0.29) is 5.69 Å². The first-order valence-corrected chi connectivity index (χ1v) is 10.7. The highest BCUT2D eigenvalue weighted by Crippen LogP contribution is 2.27. The summed E-state index contributed by atoms with van der Waals surface area (Å²) in [5.74, 6) is -0.987. The first-order chi connectivity index (χ1) is 16.5. The molecule has 0 bridgehead atoms. The number of nitrogens with zero attached hydrogens (tertiary/aromatic N) is 5. The number of anilines is 2. The lowest BCUT2D eigenvalue weighted by molar-refractivity contribution is -0.134. The third-order valence-corrected chi connectivity index (χ3v) is 5.47. The number of carboxylic acids is 1. The molecule has 1 aromatic carbocycles. The Hall–Kier alpha value is -4.31. The van der Waals surface area contributed by atoms with Gasteiger partial charge in [0.25, 0.3) is 5.97 Å². The number of hydrogen-bond acceptors (Lipinski definition) is 6. The van der Waals surface area contributed by atoms with Crippen LogP contribution in [0.25, 0.3) is 27.9 Å². The lowest BCUT2D eigenvalue weighted by Gasteiger charge is -2.17. The summed E-state index contributed by atoms with van der Waals surface area (Å²) in [5.41, 5.74) is 4.83. The largest absolute Gasteiger partial charge is 0.481 e. The van der Waals surface area contributed by atoms with Gasteiger partial charge in [-0.1, -0.05) is 12.1 Å². The van der Waals surface area contributed by atoms with Crippen LogP contribution in [0.3, 0.4) is 0 Å². The van der Waals surface area contributed by atoms with Crippen molar-refractivity contribution in [3.8, 4) is 11.4 Å². The van der Waals surface area contributed by atoms with Crippen LogP contribution >= 0.6 is 0 Å². The summed E-state index contributed by atoms with van der Waals surface area (Å²) in [6, 6.07) is 14.0. The second kappa shape index (κ2) is 8.91. The quantitative estimate of drug-likeness (QED) is 0.376. The number of pyridine rings is 1. The lowest BCUT2D eigenvalue weighted by atomic mass is 10.2. The number of halogens is 1. The van der Waals surface area contributed by atoms with E-state index < -0.39 is 11.8 Å². The van der Waals surface area contributed by atoms with Gasteiger partial charge >= 0.3 is 0 Å². The minimum atomic E-state index is -0.833. The van der Waals surface area contributed by atoms with Crippen LogP contribution in [0.4, 0.5) is 16.0 Å². The minimum absolute atomic E-state index is 0.207. The molecule has 172 valence electrons. The number of aromatic nitrogens is 5. The number of nitrogens with one attached hydrogen (secondary N) is 2. The summed E-state index contributed by atoms with van der Waals surface area (Å²) < 4.78 is 18.7. The Balaban J connectivity index is 0.000000560. The van der Waals surface area contributed by atoms with E-state index in [0.717, 1.165) is 37.9 Å². The second-order valence-corrected chi connectivity index (χ2v) is 7.84. The predicted molar refractivity (Wildman–Crippen MR) is 126 cm³/mol. The molecular formula is C24H22FN7O2. The standard InChI is InChI=1S/C22H18FN7.C2H4O2/c23-17-12-26-22(28-21(17)19-13-25-20-3-1-2-7-30(19)20)27-15-5-4-14-9-16-11-24-6-8-29(16)18(14)10-15;1-2(3)4/h1-5,7,9-10,12-13,24H,6,8,11H2,(H,26,27,28);1H3,(H,3,4). The molecule has 4 aromatic heterocycles. The third-order valence-electron chi connectivity index (χ3n) is 5.47. The fourth-order valence-corrected chi connectivity index (χ4v) is 4.05. The molecular weight excluding hydrogens is 437 g/mol. The van der Waals surface area contributed by atoms with Gasteiger partial charge in [0, 0.05) is 49.5 Å². The first-order valence-electron chi connectivity index (χ1n) is 10.7. The van der Waals surface area contributed by atoms with E-state index in [0.29, 0.717) is 11.6 Å². The monoisotopic (exact) mass is 459 g/mol. The van der Waals surface area contributed by atoms with Gasteiger partial charge in [0.15, 0.2) is 5.82 Å². The van der Waals surface area contributed by atoms with Crippen LogP contribution in [-0.4, -0.2) is 41.5 Å². The van der Waals surface area contributed by atoms with Gasteiger partial charge in [-0.25, -0.2) is 19.3 Å². The predicted octanol–water partition coefficient (Wildman–Crippen LogP) is 3.82. The molecule has 5 aromatic rings. The number of hydrogen-bond donors (Lipinski definition) is 3. The van der Waals surface area contributed by atoms with Gasteiger partial charge < -0.3 is 20.3 Å². The number of carbonyl (C=O) groups is 1. The van der Waals surface area contributed by atoms with Crippen molar-refractivity contribution in [1.82, 2.24) is 29.2 Å². The van der Waals surface area contributed by atoms with Crippen molar-refractivity contribution in [3.63, 3.8) is 0 Å². The van der Waals surface area contributed by atoms with Gasteiger partial charge in [-0.15, -0.1) is 0 Å². The number of imidazole rings is 1. The van der Waals surface area contributed by atoms with Gasteiger partial charge in [0.2, 0.25) is 5.95 Å². The maximum Gasteiger partial charge on any atom is 0.300 e. The highest BCUT2D eigenvalue weighted by molar-refractivity contribution is 5.85. The molecule has 5 heterocycles. The molecule has 9 nitrogen and oxygen atoms in total. The fraction of sp³-hybridized carbons (Fsp3) is 0.167. The molecule has 6 rings (SSSR count). The van der Waals surface area contributed by atoms with Crippen molar-refractivity contribution < 1.29 is 14.3 Å². The van der Waals surface area contributed by atoms with E-state index in [1.807, 2.05) is 34.9 Å². The van der Waals surface area contributed by atoms with E-state index in [4.69, 9.17) is 9.90 Å². The normalized spacial score (nSPS) is 12.8. The summed E-state index contributed by atoms with van der Waals surface area (Å²) in [6.45, 7) is 3.85. The number of rotatable bonds is 3. The Kier molecular flexibility index (Phi) is 5.64. The highest BCUT2D eigenvalue weighted by atomic mass is 19.1. The van der Waals surface area contributed by atoms with Gasteiger partial charge in [-0.3, -0.25) is 9.20 Å². The molecule has 0 aliphatic carbocycles. The summed E-state index contributed by atoms with van der Waals surface area (Å²) in [4.78, 5) is 21.9. The van der Waals surface area contributed by atoms with Crippen molar-refractivity contribution >= 4 is 34.2 Å². The van der Waals surface area contributed by atoms with E-state index in [1.54, 1.807) is 6.20 Å². The van der Waals surface area contributed by atoms with Gasteiger partial charge in [-0.2, -0.15) is 0 Å². The zero-order valence-corrected chi connectivity index (χ0v) is 18.4. The number of fused-ring (bicyclic) bond motifs is 4. The van der Waals surface area contributed by atoms with E-state index in [2.05, 4.69) is 48.4 Å². The van der Waals surface area contributed by atoms with Gasteiger partial charge in [-0.05, 0) is 30.3 Å². The molecule has 0 atom stereocenters. The first kappa shape index (κ1) is 21.5.